The second-order valence-electron chi connectivity index (χ2n) is 4.56. The predicted molar refractivity (Wildman–Crippen MR) is 93.4 cm³/mol. The SMILES string of the molecule is COC(=O)C(NS(=O)(=O)c1ccc(Br)cc1Br)c1ccccc1. The first-order valence-electron chi connectivity index (χ1n) is 6.45. The summed E-state index contributed by atoms with van der Waals surface area (Å²) in [6, 6.07) is 12.1. The van der Waals surface area contributed by atoms with Crippen molar-refractivity contribution < 1.29 is 17.9 Å². The van der Waals surface area contributed by atoms with Crippen LogP contribution >= 0.6 is 31.9 Å². The molecule has 2 aromatic rings. The maximum absolute atomic E-state index is 12.6. The van der Waals surface area contributed by atoms with E-state index in [9.17, 15) is 13.2 Å². The quantitative estimate of drug-likeness (QED) is 0.691. The first-order chi connectivity index (χ1) is 10.8. The number of hydrogen-bond acceptors (Lipinski definition) is 4. The highest BCUT2D eigenvalue weighted by Crippen LogP contribution is 2.27. The zero-order valence-corrected chi connectivity index (χ0v) is 16.0. The molecule has 0 aliphatic heterocycles. The lowest BCUT2D eigenvalue weighted by atomic mass is 10.1. The Hall–Kier alpha value is -1.22. The molecule has 1 unspecified atom stereocenters. The first-order valence-corrected chi connectivity index (χ1v) is 9.52. The number of sulfonamides is 1. The Balaban J connectivity index is 2.40. The minimum atomic E-state index is -3.93. The van der Waals surface area contributed by atoms with E-state index in [0.29, 0.717) is 10.0 Å². The summed E-state index contributed by atoms with van der Waals surface area (Å²) in [5.41, 5.74) is 0.496. The van der Waals surface area contributed by atoms with Crippen molar-refractivity contribution in [1.29, 1.82) is 0 Å². The van der Waals surface area contributed by atoms with E-state index in [0.717, 1.165) is 4.47 Å². The van der Waals surface area contributed by atoms with Crippen molar-refractivity contribution in [1.82, 2.24) is 4.72 Å². The highest BCUT2D eigenvalue weighted by atomic mass is 79.9. The zero-order valence-electron chi connectivity index (χ0n) is 12.0. The number of methoxy groups -OCH3 is 1. The van der Waals surface area contributed by atoms with Crippen LogP contribution in [-0.4, -0.2) is 21.5 Å². The number of rotatable bonds is 5. The van der Waals surface area contributed by atoms with Crippen molar-refractivity contribution >= 4 is 47.9 Å². The minimum absolute atomic E-state index is 0.0329. The van der Waals surface area contributed by atoms with Gasteiger partial charge in [-0.2, -0.15) is 4.72 Å². The molecule has 0 aliphatic rings. The molecule has 5 nitrogen and oxygen atoms in total. The molecule has 0 amide bonds. The molecule has 0 radical (unpaired) electrons. The lowest BCUT2D eigenvalue weighted by molar-refractivity contribution is -0.142. The second-order valence-corrected chi connectivity index (χ2v) is 8.02. The molecule has 23 heavy (non-hydrogen) atoms. The van der Waals surface area contributed by atoms with Crippen LogP contribution in [0.2, 0.25) is 0 Å². The van der Waals surface area contributed by atoms with Crippen LogP contribution in [-0.2, 0) is 19.6 Å². The van der Waals surface area contributed by atoms with Crippen LogP contribution in [0.5, 0.6) is 0 Å². The maximum atomic E-state index is 12.6. The fourth-order valence-corrected chi connectivity index (χ4v) is 4.85. The van der Waals surface area contributed by atoms with Gasteiger partial charge < -0.3 is 4.74 Å². The van der Waals surface area contributed by atoms with Gasteiger partial charge in [0.05, 0.1) is 12.0 Å². The average Bonchev–Trinajstić information content (AvgIpc) is 2.52. The summed E-state index contributed by atoms with van der Waals surface area (Å²) >= 11 is 6.48. The van der Waals surface area contributed by atoms with Crippen molar-refractivity contribution in [2.45, 2.75) is 10.9 Å². The smallest absolute Gasteiger partial charge is 0.328 e. The number of esters is 1. The Morgan fingerprint density at radius 2 is 1.78 bits per heavy atom. The van der Waals surface area contributed by atoms with Crippen molar-refractivity contribution in [2.75, 3.05) is 7.11 Å². The van der Waals surface area contributed by atoms with Crippen LogP contribution in [0.25, 0.3) is 0 Å². The van der Waals surface area contributed by atoms with Crippen LogP contribution in [0.15, 0.2) is 62.4 Å². The van der Waals surface area contributed by atoms with E-state index in [1.807, 2.05) is 0 Å². The summed E-state index contributed by atoms with van der Waals surface area (Å²) in [6.07, 6.45) is 0. The summed E-state index contributed by atoms with van der Waals surface area (Å²) in [5.74, 6) is -0.687. The van der Waals surface area contributed by atoms with Gasteiger partial charge in [0.1, 0.15) is 6.04 Å². The summed E-state index contributed by atoms with van der Waals surface area (Å²) in [5, 5.41) is 0. The fraction of sp³-hybridized carbons (Fsp3) is 0.133. The van der Waals surface area contributed by atoms with E-state index < -0.39 is 22.0 Å². The number of ether oxygens (including phenoxy) is 1. The second kappa shape index (κ2) is 7.57. The molecule has 8 heteroatoms. The third kappa shape index (κ3) is 4.41. The monoisotopic (exact) mass is 461 g/mol. The standard InChI is InChI=1S/C15H13Br2NO4S/c1-22-15(19)14(10-5-3-2-4-6-10)18-23(20,21)13-8-7-11(16)9-12(13)17/h2-9,14,18H,1H3. The first kappa shape index (κ1) is 18.1. The minimum Gasteiger partial charge on any atom is -0.468 e. The lowest BCUT2D eigenvalue weighted by Gasteiger charge is -2.17. The highest BCUT2D eigenvalue weighted by molar-refractivity contribution is 9.11. The maximum Gasteiger partial charge on any atom is 0.328 e. The molecule has 0 saturated heterocycles. The summed E-state index contributed by atoms with van der Waals surface area (Å²) in [6.45, 7) is 0. The van der Waals surface area contributed by atoms with Gasteiger partial charge in [-0.05, 0) is 39.7 Å². The van der Waals surface area contributed by atoms with E-state index in [2.05, 4.69) is 36.6 Å². The number of hydrogen-bond donors (Lipinski definition) is 1. The number of halogens is 2. The zero-order chi connectivity index (χ0) is 17.0. The van der Waals surface area contributed by atoms with Gasteiger partial charge in [-0.3, -0.25) is 0 Å². The summed E-state index contributed by atoms with van der Waals surface area (Å²) in [4.78, 5) is 12.0. The van der Waals surface area contributed by atoms with Gasteiger partial charge in [0.15, 0.2) is 0 Å². The van der Waals surface area contributed by atoms with Gasteiger partial charge in [0.25, 0.3) is 0 Å². The van der Waals surface area contributed by atoms with Gasteiger partial charge in [-0.15, -0.1) is 0 Å². The van der Waals surface area contributed by atoms with E-state index >= 15 is 0 Å². The lowest BCUT2D eigenvalue weighted by Crippen LogP contribution is -2.34. The topological polar surface area (TPSA) is 72.5 Å². The summed E-state index contributed by atoms with van der Waals surface area (Å²) in [7, 11) is -2.72. The molecular weight excluding hydrogens is 450 g/mol. The van der Waals surface area contributed by atoms with Crippen molar-refractivity contribution in [3.05, 3.63) is 63.0 Å². The van der Waals surface area contributed by atoms with Crippen LogP contribution in [0.3, 0.4) is 0 Å². The molecule has 0 fully saturated rings. The number of carbonyl (C=O) groups is 1. The van der Waals surface area contributed by atoms with Crippen molar-refractivity contribution in [2.24, 2.45) is 0 Å². The van der Waals surface area contributed by atoms with E-state index in [4.69, 9.17) is 4.74 Å². The van der Waals surface area contributed by atoms with Crippen LogP contribution < -0.4 is 4.72 Å². The normalized spacial score (nSPS) is 12.7. The molecular formula is C15H13Br2NO4S. The van der Waals surface area contributed by atoms with E-state index in [-0.39, 0.29) is 4.90 Å². The molecule has 1 atom stereocenters. The van der Waals surface area contributed by atoms with Gasteiger partial charge in [-0.1, -0.05) is 46.3 Å². The molecule has 0 aromatic heterocycles. The molecule has 0 spiro atoms. The largest absolute Gasteiger partial charge is 0.468 e. The highest BCUT2D eigenvalue weighted by Gasteiger charge is 2.29. The van der Waals surface area contributed by atoms with Crippen molar-refractivity contribution in [3.8, 4) is 0 Å². The summed E-state index contributed by atoms with van der Waals surface area (Å²) < 4.78 is 33.4. The molecule has 122 valence electrons. The van der Waals surface area contributed by atoms with Crippen LogP contribution in [0.4, 0.5) is 0 Å². The Morgan fingerprint density at radius 1 is 1.13 bits per heavy atom. The van der Waals surface area contributed by atoms with Crippen LogP contribution in [0.1, 0.15) is 11.6 Å². The average molecular weight is 463 g/mol. The molecule has 0 saturated carbocycles. The fourth-order valence-electron chi connectivity index (χ4n) is 1.93. The molecule has 0 aliphatic carbocycles. The van der Waals surface area contributed by atoms with Gasteiger partial charge in [-0.25, -0.2) is 13.2 Å². The van der Waals surface area contributed by atoms with Gasteiger partial charge >= 0.3 is 5.97 Å². The molecule has 0 heterocycles. The third-order valence-electron chi connectivity index (χ3n) is 3.03. The van der Waals surface area contributed by atoms with Gasteiger partial charge in [0, 0.05) is 8.95 Å². The third-order valence-corrected chi connectivity index (χ3v) is 5.92. The molecule has 2 rings (SSSR count). The van der Waals surface area contributed by atoms with E-state index in [1.54, 1.807) is 42.5 Å². The Kier molecular flexibility index (Phi) is 5.96. The Labute approximate surface area is 151 Å². The van der Waals surface area contributed by atoms with Crippen molar-refractivity contribution in [3.63, 3.8) is 0 Å². The number of carbonyl (C=O) groups excluding carboxylic acids is 1. The number of nitrogens with one attached hydrogen (secondary N) is 1. The Morgan fingerprint density at radius 3 is 2.35 bits per heavy atom. The Bertz CT molecular complexity index is 809. The van der Waals surface area contributed by atoms with Crippen LogP contribution in [0, 0.1) is 0 Å². The predicted octanol–water partition coefficient (Wildman–Crippen LogP) is 3.40. The molecule has 1 N–H and O–H groups in total. The molecule has 2 aromatic carbocycles. The van der Waals surface area contributed by atoms with E-state index in [1.165, 1.54) is 13.2 Å². The molecule has 0 bridgehead atoms. The van der Waals surface area contributed by atoms with Gasteiger partial charge in [0.2, 0.25) is 10.0 Å². The number of benzene rings is 2.